The van der Waals surface area contributed by atoms with Crippen LogP contribution in [-0.4, -0.2) is 57.6 Å². The monoisotopic (exact) mass is 577 g/mol. The number of aromatic nitrogens is 1. The zero-order chi connectivity index (χ0) is 30.4. The minimum absolute atomic E-state index is 0.0328. The molecule has 1 aliphatic rings. The van der Waals surface area contributed by atoms with Crippen molar-refractivity contribution in [3.05, 3.63) is 71.4 Å². The first-order valence-electron chi connectivity index (χ1n) is 14.2. The second-order valence-electron chi connectivity index (χ2n) is 11.0. The number of aliphatic hydroxyl groups excluding tert-OH is 1. The van der Waals surface area contributed by atoms with Gasteiger partial charge in [0.15, 0.2) is 0 Å². The maximum absolute atomic E-state index is 13.9. The number of hydrogen-bond donors (Lipinski definition) is 6. The van der Waals surface area contributed by atoms with Crippen molar-refractivity contribution in [2.45, 2.75) is 76.8 Å². The van der Waals surface area contributed by atoms with Gasteiger partial charge in [0.2, 0.25) is 17.7 Å². The molecular formula is C31H39N5O6. The average Bonchev–Trinajstić information content (AvgIpc) is 3.34. The van der Waals surface area contributed by atoms with Crippen LogP contribution in [0.1, 0.15) is 50.4 Å². The van der Waals surface area contributed by atoms with Crippen molar-refractivity contribution in [2.24, 2.45) is 11.7 Å². The Balaban J connectivity index is 1.61. The van der Waals surface area contributed by atoms with Gasteiger partial charge in [-0.15, -0.1) is 0 Å². The number of aliphatic hydroxyl groups is 1. The number of carbonyl (C=O) groups is 4. The Hall–Kier alpha value is -4.38. The van der Waals surface area contributed by atoms with Crippen LogP contribution in [0.2, 0.25) is 0 Å². The average molecular weight is 578 g/mol. The Labute approximate surface area is 244 Å². The summed E-state index contributed by atoms with van der Waals surface area (Å²) in [6.45, 7) is 5.10. The molecule has 1 heterocycles. The molecule has 11 heteroatoms. The molecule has 4 amide bonds. The number of hydrogen-bond acceptors (Lipinski definition) is 6. The van der Waals surface area contributed by atoms with Gasteiger partial charge < -0.3 is 36.5 Å². The summed E-state index contributed by atoms with van der Waals surface area (Å²) in [6, 6.07) is 14.5. The van der Waals surface area contributed by atoms with Crippen LogP contribution < -0.4 is 21.7 Å². The number of ether oxygens (including phenoxy) is 1. The lowest BCUT2D eigenvalue weighted by Crippen LogP contribution is -2.67. The SMILES string of the molecule is CC[C@H](C)[C@H](NC(=O)OCc1ccccc1)C(=O)N[C@]1(C(=O)N[C@H](C(N)=O)[C@@H](C)O)CCc2[nH]c3ccccc3c2C1. The summed E-state index contributed by atoms with van der Waals surface area (Å²) in [5.41, 5.74) is 7.50. The predicted molar refractivity (Wildman–Crippen MR) is 157 cm³/mol. The Bertz CT molecular complexity index is 1440. The Morgan fingerprint density at radius 1 is 1.02 bits per heavy atom. The van der Waals surface area contributed by atoms with Crippen LogP contribution in [0.3, 0.4) is 0 Å². The van der Waals surface area contributed by atoms with Crippen LogP contribution in [-0.2, 0) is 38.6 Å². The van der Waals surface area contributed by atoms with E-state index < -0.39 is 47.5 Å². The molecule has 3 aromatic rings. The minimum Gasteiger partial charge on any atom is -0.445 e. The van der Waals surface area contributed by atoms with Gasteiger partial charge in [-0.05, 0) is 42.9 Å². The Morgan fingerprint density at radius 2 is 1.71 bits per heavy atom. The highest BCUT2D eigenvalue weighted by Gasteiger charge is 2.46. The molecule has 0 aliphatic heterocycles. The minimum atomic E-state index is -1.49. The van der Waals surface area contributed by atoms with Gasteiger partial charge in [0.25, 0.3) is 0 Å². The van der Waals surface area contributed by atoms with E-state index in [0.717, 1.165) is 27.7 Å². The van der Waals surface area contributed by atoms with Crippen molar-refractivity contribution in [1.29, 1.82) is 0 Å². The van der Waals surface area contributed by atoms with Crippen LogP contribution in [0.5, 0.6) is 0 Å². The normalized spacial score (nSPS) is 19.0. The van der Waals surface area contributed by atoms with Crippen LogP contribution in [0.25, 0.3) is 10.9 Å². The number of aryl methyl sites for hydroxylation is 1. The third-order valence-electron chi connectivity index (χ3n) is 8.04. The molecule has 1 aliphatic carbocycles. The number of aromatic amines is 1. The Morgan fingerprint density at radius 3 is 2.38 bits per heavy atom. The van der Waals surface area contributed by atoms with Crippen molar-refractivity contribution in [2.75, 3.05) is 0 Å². The summed E-state index contributed by atoms with van der Waals surface area (Å²) in [6.07, 6.45) is -0.672. The zero-order valence-electron chi connectivity index (χ0n) is 24.1. The number of benzene rings is 2. The van der Waals surface area contributed by atoms with E-state index in [4.69, 9.17) is 10.5 Å². The molecule has 11 nitrogen and oxygen atoms in total. The number of primary amides is 1. The van der Waals surface area contributed by atoms with Gasteiger partial charge in [-0.25, -0.2) is 4.79 Å². The summed E-state index contributed by atoms with van der Waals surface area (Å²) >= 11 is 0. The summed E-state index contributed by atoms with van der Waals surface area (Å²) in [7, 11) is 0. The van der Waals surface area contributed by atoms with Crippen molar-refractivity contribution in [1.82, 2.24) is 20.9 Å². The van der Waals surface area contributed by atoms with Crippen molar-refractivity contribution in [3.8, 4) is 0 Å². The second-order valence-corrected chi connectivity index (χ2v) is 11.0. The van der Waals surface area contributed by atoms with Crippen molar-refractivity contribution >= 4 is 34.7 Å². The second kappa shape index (κ2) is 13.1. The molecule has 0 saturated heterocycles. The molecule has 0 fully saturated rings. The number of para-hydroxylation sites is 1. The molecule has 2 aromatic carbocycles. The van der Waals surface area contributed by atoms with Gasteiger partial charge in [-0.3, -0.25) is 14.4 Å². The van der Waals surface area contributed by atoms with Gasteiger partial charge in [0, 0.05) is 23.0 Å². The van der Waals surface area contributed by atoms with Crippen LogP contribution >= 0.6 is 0 Å². The molecule has 0 radical (unpaired) electrons. The summed E-state index contributed by atoms with van der Waals surface area (Å²) in [4.78, 5) is 56.0. The first kappa shape index (κ1) is 30.6. The van der Waals surface area contributed by atoms with Crippen molar-refractivity contribution in [3.63, 3.8) is 0 Å². The number of carbonyl (C=O) groups excluding carboxylic acids is 4. The summed E-state index contributed by atoms with van der Waals surface area (Å²) < 4.78 is 5.36. The number of nitrogens with two attached hydrogens (primary N) is 1. The van der Waals surface area contributed by atoms with E-state index in [9.17, 15) is 24.3 Å². The quantitative estimate of drug-likeness (QED) is 0.204. The molecule has 0 unspecified atom stereocenters. The lowest BCUT2D eigenvalue weighted by atomic mass is 9.78. The van der Waals surface area contributed by atoms with Crippen LogP contribution in [0.15, 0.2) is 54.6 Å². The first-order valence-corrected chi connectivity index (χ1v) is 14.2. The highest BCUT2D eigenvalue weighted by Crippen LogP contribution is 2.34. The summed E-state index contributed by atoms with van der Waals surface area (Å²) in [5, 5.41) is 19.2. The number of fused-ring (bicyclic) bond motifs is 3. The lowest BCUT2D eigenvalue weighted by molar-refractivity contribution is -0.138. The first-order chi connectivity index (χ1) is 20.0. The standard InChI is InChI=1S/C31H39N5O6/c1-4-18(2)25(35-30(41)42-17-20-10-6-5-7-11-20)28(39)36-31(29(40)34-26(19(3)37)27(32)38)15-14-24-22(16-31)21-12-8-9-13-23(21)33-24/h5-13,18-19,25-26,33,37H,4,14-17H2,1-3H3,(H2,32,38)(H,34,40)(H,35,41)(H,36,39)/t18-,19+,25-,26-,31+/m0/s1. The van der Waals surface area contributed by atoms with E-state index in [2.05, 4.69) is 20.9 Å². The number of H-pyrrole nitrogens is 1. The fourth-order valence-electron chi connectivity index (χ4n) is 5.37. The van der Waals surface area contributed by atoms with Gasteiger partial charge in [0.05, 0.1) is 6.10 Å². The molecule has 5 atom stereocenters. The van der Waals surface area contributed by atoms with E-state index in [1.807, 2.05) is 68.4 Å². The predicted octanol–water partition coefficient (Wildman–Crippen LogP) is 2.20. The van der Waals surface area contributed by atoms with E-state index in [-0.39, 0.29) is 25.4 Å². The fraction of sp³-hybridized carbons (Fsp3) is 0.419. The third kappa shape index (κ3) is 6.73. The fourth-order valence-corrected chi connectivity index (χ4v) is 5.37. The molecular weight excluding hydrogens is 538 g/mol. The smallest absolute Gasteiger partial charge is 0.408 e. The molecule has 42 heavy (non-hydrogen) atoms. The third-order valence-corrected chi connectivity index (χ3v) is 8.04. The molecule has 0 saturated carbocycles. The van der Waals surface area contributed by atoms with Gasteiger partial charge >= 0.3 is 6.09 Å². The van der Waals surface area contributed by atoms with Crippen LogP contribution in [0.4, 0.5) is 4.79 Å². The van der Waals surface area contributed by atoms with E-state index in [1.54, 1.807) is 0 Å². The maximum Gasteiger partial charge on any atom is 0.408 e. The maximum atomic E-state index is 13.9. The van der Waals surface area contributed by atoms with E-state index in [1.165, 1.54) is 6.92 Å². The molecule has 4 rings (SSSR count). The molecule has 1 aromatic heterocycles. The molecule has 0 spiro atoms. The van der Waals surface area contributed by atoms with Gasteiger partial charge in [0.1, 0.15) is 24.2 Å². The number of nitrogens with one attached hydrogen (secondary N) is 4. The highest BCUT2D eigenvalue weighted by molar-refractivity contribution is 5.98. The largest absolute Gasteiger partial charge is 0.445 e. The van der Waals surface area contributed by atoms with Gasteiger partial charge in [-0.1, -0.05) is 68.8 Å². The zero-order valence-corrected chi connectivity index (χ0v) is 24.1. The van der Waals surface area contributed by atoms with E-state index >= 15 is 0 Å². The van der Waals surface area contributed by atoms with Crippen LogP contribution in [0, 0.1) is 5.92 Å². The molecule has 0 bridgehead atoms. The number of rotatable bonds is 11. The number of alkyl carbamates (subject to hydrolysis) is 1. The van der Waals surface area contributed by atoms with Gasteiger partial charge in [-0.2, -0.15) is 0 Å². The van der Waals surface area contributed by atoms with Crippen molar-refractivity contribution < 1.29 is 29.0 Å². The molecule has 7 N–H and O–H groups in total. The Kier molecular flexibility index (Phi) is 9.52. The number of amides is 4. The van der Waals surface area contributed by atoms with E-state index in [0.29, 0.717) is 12.8 Å². The highest BCUT2D eigenvalue weighted by atomic mass is 16.5. The summed E-state index contributed by atoms with van der Waals surface area (Å²) in [5.74, 6) is -2.40. The molecule has 224 valence electrons. The topological polar surface area (TPSA) is 176 Å². The lowest BCUT2D eigenvalue weighted by Gasteiger charge is -2.39.